The normalized spacial score (nSPS) is 57.2. The first kappa shape index (κ1) is 19.7. The largest absolute Gasteiger partial charge is 0.382 e. The molecule has 0 saturated heterocycles. The highest BCUT2D eigenvalue weighted by molar-refractivity contribution is 5.54. The lowest BCUT2D eigenvalue weighted by Crippen LogP contribution is -3.09. The molecule has 4 saturated carbocycles. The van der Waals surface area contributed by atoms with Crippen molar-refractivity contribution in [3.05, 3.63) is 0 Å². The van der Waals surface area contributed by atoms with Crippen LogP contribution < -0.4 is 0 Å². The Morgan fingerprint density at radius 1 is 0.385 bits per heavy atom. The quantitative estimate of drug-likeness (QED) is 0.594. The Hall–Kier alpha value is -1.02. The summed E-state index contributed by atoms with van der Waals surface area (Å²) < 4.78 is 196. The Kier molecular flexibility index (Phi) is 2.76. The van der Waals surface area contributed by atoms with E-state index in [2.05, 4.69) is 0 Å². The van der Waals surface area contributed by atoms with Crippen molar-refractivity contribution >= 4 is 0 Å². The molecule has 0 atom stereocenters. The van der Waals surface area contributed by atoms with Crippen LogP contribution in [0.4, 0.5) is 61.5 Å². The van der Waals surface area contributed by atoms with Gasteiger partial charge in [-0.25, -0.2) is 17.6 Å². The second kappa shape index (κ2) is 3.64. The predicted molar refractivity (Wildman–Crippen MR) is 50.7 cm³/mol. The summed E-state index contributed by atoms with van der Waals surface area (Å²) in [5.41, 5.74) is -34.8. The zero-order chi connectivity index (χ0) is 21.0. The minimum Gasteiger partial charge on any atom is -0.382 e. The minimum absolute atomic E-state index is 1.07. The number of aliphatic hydroxyl groups is 1. The van der Waals surface area contributed by atoms with Crippen LogP contribution in [0, 0.1) is 0 Å². The summed E-state index contributed by atoms with van der Waals surface area (Å²) in [7, 11) is 0. The SMILES string of the molecule is CC1(O)C2(F)C(F)(F)C3(F)C(F)(F)C1(F)C(F)(F)C(F)(C2(F)F)C3(F)F. The maximum Gasteiger partial charge on any atom is 0.339 e. The zero-order valence-electron chi connectivity index (χ0n) is 11.7. The highest BCUT2D eigenvalue weighted by Crippen LogP contribution is 2.87. The summed E-state index contributed by atoms with van der Waals surface area (Å²) >= 11 is 0. The van der Waals surface area contributed by atoms with Gasteiger partial charge >= 0.3 is 41.0 Å². The predicted octanol–water partition coefficient (Wildman–Crippen LogP) is 3.79. The fourth-order valence-electron chi connectivity index (χ4n) is 4.22. The molecule has 0 aromatic carbocycles. The molecule has 4 aliphatic carbocycles. The van der Waals surface area contributed by atoms with E-state index in [4.69, 9.17) is 0 Å². The molecule has 0 heterocycles. The monoisotopic (exact) mass is 418 g/mol. The van der Waals surface area contributed by atoms with Crippen LogP contribution in [-0.2, 0) is 0 Å². The first-order valence-electron chi connectivity index (χ1n) is 6.37. The second-order valence-electron chi connectivity index (χ2n) is 6.58. The smallest absolute Gasteiger partial charge is 0.339 e. The first-order chi connectivity index (χ1) is 11.0. The van der Waals surface area contributed by atoms with Gasteiger partial charge in [-0.1, -0.05) is 0 Å². The Labute approximate surface area is 132 Å². The van der Waals surface area contributed by atoms with Crippen molar-refractivity contribution in [3.8, 4) is 0 Å². The van der Waals surface area contributed by atoms with Crippen molar-refractivity contribution in [1.82, 2.24) is 0 Å². The number of alkyl halides is 14. The van der Waals surface area contributed by atoms with Crippen LogP contribution in [0.15, 0.2) is 0 Å². The molecule has 0 aliphatic heterocycles. The lowest BCUT2D eigenvalue weighted by atomic mass is 9.37. The molecule has 0 spiro atoms. The van der Waals surface area contributed by atoms with Gasteiger partial charge in [0.1, 0.15) is 0 Å². The molecule has 4 aliphatic rings. The van der Waals surface area contributed by atoms with E-state index >= 15 is 0 Å². The van der Waals surface area contributed by atoms with E-state index in [-0.39, 0.29) is 0 Å². The van der Waals surface area contributed by atoms with Crippen LogP contribution in [0.25, 0.3) is 0 Å². The molecule has 4 fully saturated rings. The Bertz CT molecular complexity index is 513. The second-order valence-corrected chi connectivity index (χ2v) is 6.58. The maximum atomic E-state index is 14.5. The van der Waals surface area contributed by atoms with Crippen molar-refractivity contribution in [2.45, 2.75) is 64.8 Å². The van der Waals surface area contributed by atoms with E-state index in [1.807, 2.05) is 0 Å². The summed E-state index contributed by atoms with van der Waals surface area (Å²) in [5.74, 6) is -37.4. The summed E-state index contributed by atoms with van der Waals surface area (Å²) in [6, 6.07) is 0. The third-order valence-electron chi connectivity index (χ3n) is 5.67. The first-order valence-corrected chi connectivity index (χ1v) is 6.37. The number of hydrogen-bond acceptors (Lipinski definition) is 1. The van der Waals surface area contributed by atoms with E-state index in [0.29, 0.717) is 0 Å². The summed E-state index contributed by atoms with van der Waals surface area (Å²) in [5, 5.41) is 9.30. The number of halogens is 14. The molecule has 0 aromatic heterocycles. The molecule has 0 aromatic rings. The molecular formula is C11H4F14O. The molecule has 152 valence electrons. The molecule has 4 rings (SSSR count). The van der Waals surface area contributed by atoms with Crippen LogP contribution in [-0.4, -0.2) is 63.0 Å². The molecule has 15 heteroatoms. The van der Waals surface area contributed by atoms with Crippen LogP contribution >= 0.6 is 0 Å². The van der Waals surface area contributed by atoms with Gasteiger partial charge in [-0.15, -0.1) is 0 Å². The lowest BCUT2D eigenvalue weighted by molar-refractivity contribution is -0.599. The lowest BCUT2D eigenvalue weighted by Gasteiger charge is -2.75. The van der Waals surface area contributed by atoms with Crippen LogP contribution in [0.1, 0.15) is 6.92 Å². The van der Waals surface area contributed by atoms with E-state index in [1.54, 1.807) is 0 Å². The van der Waals surface area contributed by atoms with Crippen molar-refractivity contribution in [2.75, 3.05) is 0 Å². The highest BCUT2D eigenvalue weighted by atomic mass is 19.3. The summed E-state index contributed by atoms with van der Waals surface area (Å²) in [6.07, 6.45) is 0. The summed E-state index contributed by atoms with van der Waals surface area (Å²) in [4.78, 5) is 0. The van der Waals surface area contributed by atoms with Crippen LogP contribution in [0.3, 0.4) is 0 Å². The molecule has 1 nitrogen and oxygen atoms in total. The van der Waals surface area contributed by atoms with Gasteiger partial charge in [0.05, 0.1) is 0 Å². The van der Waals surface area contributed by atoms with Gasteiger partial charge in [-0.3, -0.25) is 0 Å². The van der Waals surface area contributed by atoms with E-state index < -0.39 is 64.8 Å². The molecule has 0 radical (unpaired) electrons. The molecule has 0 unspecified atom stereocenters. The molecule has 4 bridgehead atoms. The van der Waals surface area contributed by atoms with Crippen molar-refractivity contribution in [2.24, 2.45) is 0 Å². The average Bonchev–Trinajstić information content (AvgIpc) is 2.46. The van der Waals surface area contributed by atoms with Crippen molar-refractivity contribution in [1.29, 1.82) is 0 Å². The minimum atomic E-state index is -7.69. The average molecular weight is 418 g/mol. The Balaban J connectivity index is 2.71. The maximum absolute atomic E-state index is 14.5. The number of hydrogen-bond donors (Lipinski definition) is 1. The summed E-state index contributed by atoms with van der Waals surface area (Å²) in [6.45, 7) is -1.07. The topological polar surface area (TPSA) is 20.2 Å². The zero-order valence-corrected chi connectivity index (χ0v) is 11.7. The Morgan fingerprint density at radius 2 is 0.538 bits per heavy atom. The van der Waals surface area contributed by atoms with Gasteiger partial charge in [-0.05, 0) is 6.92 Å². The molecule has 1 N–H and O–H groups in total. The third kappa shape index (κ3) is 0.970. The van der Waals surface area contributed by atoms with Gasteiger partial charge in [0.2, 0.25) is 0 Å². The molecule has 0 amide bonds. The fourth-order valence-corrected chi connectivity index (χ4v) is 4.22. The van der Waals surface area contributed by atoms with E-state index in [9.17, 15) is 66.6 Å². The molecule has 26 heavy (non-hydrogen) atoms. The van der Waals surface area contributed by atoms with Gasteiger partial charge in [0.15, 0.2) is 5.60 Å². The highest BCUT2D eigenvalue weighted by Gasteiger charge is 3.21. The Morgan fingerprint density at radius 3 is 0.731 bits per heavy atom. The molecular weight excluding hydrogens is 414 g/mol. The van der Waals surface area contributed by atoms with Gasteiger partial charge in [0, 0.05) is 0 Å². The van der Waals surface area contributed by atoms with E-state index in [0.717, 1.165) is 0 Å². The van der Waals surface area contributed by atoms with Gasteiger partial charge < -0.3 is 5.11 Å². The number of rotatable bonds is 0. The van der Waals surface area contributed by atoms with E-state index in [1.165, 1.54) is 0 Å². The van der Waals surface area contributed by atoms with Gasteiger partial charge in [-0.2, -0.15) is 43.9 Å². The standard InChI is InChI=1S/C11H4F14O/c1-2(26)3(12)7(16,17)5(14)9(20,21)4(2,13)10(22,23)6(15,8(3,18)19)11(5,24)25/h26H,1H3. The third-order valence-corrected chi connectivity index (χ3v) is 5.67. The van der Waals surface area contributed by atoms with Crippen molar-refractivity contribution < 1.29 is 66.6 Å². The van der Waals surface area contributed by atoms with Crippen molar-refractivity contribution in [3.63, 3.8) is 0 Å². The van der Waals surface area contributed by atoms with Crippen LogP contribution in [0.2, 0.25) is 0 Å². The van der Waals surface area contributed by atoms with Gasteiger partial charge in [0.25, 0.3) is 11.3 Å². The fraction of sp³-hybridized carbons (Fsp3) is 1.00. The van der Waals surface area contributed by atoms with Crippen LogP contribution in [0.5, 0.6) is 0 Å².